The summed E-state index contributed by atoms with van der Waals surface area (Å²) in [7, 11) is 0. The van der Waals surface area contributed by atoms with Gasteiger partial charge in [0, 0.05) is 17.3 Å². The lowest BCUT2D eigenvalue weighted by atomic mass is 10.1. The first kappa shape index (κ1) is 17.0. The third-order valence-corrected chi connectivity index (χ3v) is 4.87. The molecule has 2 saturated carbocycles. The fraction of sp³-hybridized carbons (Fsp3) is 0.579. The Kier molecular flexibility index (Phi) is 5.51. The van der Waals surface area contributed by atoms with Gasteiger partial charge < -0.3 is 16.0 Å². The number of hydrogen-bond donors (Lipinski definition) is 3. The van der Waals surface area contributed by atoms with Crippen molar-refractivity contribution in [2.24, 2.45) is 5.92 Å². The van der Waals surface area contributed by atoms with E-state index in [-0.39, 0.29) is 11.8 Å². The first-order valence-corrected chi connectivity index (χ1v) is 9.04. The number of anilines is 1. The summed E-state index contributed by atoms with van der Waals surface area (Å²) in [6.07, 6.45) is 7.10. The van der Waals surface area contributed by atoms with Crippen LogP contribution in [0.1, 0.15) is 54.4 Å². The highest BCUT2D eigenvalue weighted by Gasteiger charge is 2.21. The summed E-state index contributed by atoms with van der Waals surface area (Å²) in [5.74, 6) is 0.702. The van der Waals surface area contributed by atoms with Crippen molar-refractivity contribution in [3.63, 3.8) is 0 Å². The molecule has 3 N–H and O–H groups in total. The first-order valence-electron chi connectivity index (χ1n) is 9.04. The van der Waals surface area contributed by atoms with Crippen molar-refractivity contribution in [2.75, 3.05) is 18.4 Å². The second-order valence-corrected chi connectivity index (χ2v) is 7.11. The number of rotatable bonds is 7. The predicted octanol–water partition coefficient (Wildman–Crippen LogP) is 2.61. The molecular weight excluding hydrogens is 302 g/mol. The predicted molar refractivity (Wildman–Crippen MR) is 95.1 cm³/mol. The van der Waals surface area contributed by atoms with Crippen LogP contribution in [0.4, 0.5) is 5.69 Å². The van der Waals surface area contributed by atoms with Crippen LogP contribution >= 0.6 is 0 Å². The minimum Gasteiger partial charge on any atom is -0.349 e. The van der Waals surface area contributed by atoms with Gasteiger partial charge in [0.05, 0.1) is 6.54 Å². The lowest BCUT2D eigenvalue weighted by Gasteiger charge is -2.14. The van der Waals surface area contributed by atoms with Gasteiger partial charge in [-0.2, -0.15) is 0 Å². The van der Waals surface area contributed by atoms with Crippen LogP contribution in [-0.4, -0.2) is 30.9 Å². The number of amides is 2. The monoisotopic (exact) mass is 329 g/mol. The highest BCUT2D eigenvalue weighted by Crippen LogP contribution is 2.27. The van der Waals surface area contributed by atoms with Gasteiger partial charge in [0.25, 0.3) is 5.91 Å². The van der Waals surface area contributed by atoms with Crippen LogP contribution in [-0.2, 0) is 4.79 Å². The standard InChI is InChI=1S/C19H27N3O2/c1-13-10-15(19(24)21-16-4-2-3-5-16)8-9-17(13)22-18(23)12-20-11-14-6-7-14/h8-10,14,16,20H,2-7,11-12H2,1H3,(H,21,24)(H,22,23). The largest absolute Gasteiger partial charge is 0.349 e. The van der Waals surface area contributed by atoms with E-state index >= 15 is 0 Å². The molecule has 3 rings (SSSR count). The molecular formula is C19H27N3O2. The normalized spacial score (nSPS) is 17.7. The molecule has 0 spiro atoms. The van der Waals surface area contributed by atoms with Gasteiger partial charge in [0.15, 0.2) is 0 Å². The number of nitrogens with one attached hydrogen (secondary N) is 3. The molecule has 0 saturated heterocycles. The van der Waals surface area contributed by atoms with Gasteiger partial charge in [-0.15, -0.1) is 0 Å². The van der Waals surface area contributed by atoms with Gasteiger partial charge in [-0.1, -0.05) is 12.8 Å². The number of hydrogen-bond acceptors (Lipinski definition) is 3. The van der Waals surface area contributed by atoms with Crippen molar-refractivity contribution in [2.45, 2.75) is 51.5 Å². The van der Waals surface area contributed by atoms with Gasteiger partial charge in [0.2, 0.25) is 5.91 Å². The van der Waals surface area contributed by atoms with Gasteiger partial charge in [-0.3, -0.25) is 9.59 Å². The summed E-state index contributed by atoms with van der Waals surface area (Å²) in [5, 5.41) is 9.18. The summed E-state index contributed by atoms with van der Waals surface area (Å²) in [4.78, 5) is 24.3. The summed E-state index contributed by atoms with van der Waals surface area (Å²) >= 11 is 0. The highest BCUT2D eigenvalue weighted by atomic mass is 16.2. The van der Waals surface area contributed by atoms with E-state index in [0.29, 0.717) is 18.2 Å². The zero-order chi connectivity index (χ0) is 16.9. The molecule has 24 heavy (non-hydrogen) atoms. The smallest absolute Gasteiger partial charge is 0.251 e. The van der Waals surface area contributed by atoms with Crippen LogP contribution in [0, 0.1) is 12.8 Å². The Balaban J connectivity index is 1.51. The zero-order valence-electron chi connectivity index (χ0n) is 14.4. The van der Waals surface area contributed by atoms with Crippen molar-refractivity contribution in [1.82, 2.24) is 10.6 Å². The maximum absolute atomic E-state index is 12.3. The lowest BCUT2D eigenvalue weighted by Crippen LogP contribution is -2.32. The Hall–Kier alpha value is -1.88. The molecule has 5 heteroatoms. The number of carbonyl (C=O) groups is 2. The summed E-state index contributed by atoms with van der Waals surface area (Å²) < 4.78 is 0. The van der Waals surface area contributed by atoms with Crippen LogP contribution in [0.5, 0.6) is 0 Å². The summed E-state index contributed by atoms with van der Waals surface area (Å²) in [6.45, 7) is 3.17. The van der Waals surface area contributed by atoms with Crippen molar-refractivity contribution >= 4 is 17.5 Å². The molecule has 0 atom stereocenters. The van der Waals surface area contributed by atoms with E-state index in [2.05, 4.69) is 16.0 Å². The molecule has 0 unspecified atom stereocenters. The van der Waals surface area contributed by atoms with E-state index in [0.717, 1.165) is 36.6 Å². The Morgan fingerprint density at radius 3 is 2.54 bits per heavy atom. The Morgan fingerprint density at radius 1 is 1.12 bits per heavy atom. The topological polar surface area (TPSA) is 70.2 Å². The molecule has 2 aliphatic rings. The highest BCUT2D eigenvalue weighted by molar-refractivity contribution is 5.97. The Labute approximate surface area is 143 Å². The molecule has 0 bridgehead atoms. The number of aryl methyl sites for hydroxylation is 1. The summed E-state index contributed by atoms with van der Waals surface area (Å²) in [6, 6.07) is 5.76. The first-order chi connectivity index (χ1) is 11.6. The fourth-order valence-corrected chi connectivity index (χ4v) is 3.19. The molecule has 2 fully saturated rings. The maximum atomic E-state index is 12.3. The molecule has 5 nitrogen and oxygen atoms in total. The molecule has 0 heterocycles. The zero-order valence-corrected chi connectivity index (χ0v) is 14.4. The van der Waals surface area contributed by atoms with E-state index in [1.165, 1.54) is 25.7 Å². The molecule has 130 valence electrons. The molecule has 0 aliphatic heterocycles. The van der Waals surface area contributed by atoms with E-state index in [9.17, 15) is 9.59 Å². The quantitative estimate of drug-likeness (QED) is 0.720. The third-order valence-electron chi connectivity index (χ3n) is 4.87. The van der Waals surface area contributed by atoms with Crippen LogP contribution in [0.3, 0.4) is 0 Å². The summed E-state index contributed by atoms with van der Waals surface area (Å²) in [5.41, 5.74) is 2.33. The van der Waals surface area contributed by atoms with Crippen LogP contribution in [0.2, 0.25) is 0 Å². The van der Waals surface area contributed by atoms with E-state index in [1.807, 2.05) is 19.1 Å². The molecule has 1 aromatic rings. The third kappa shape index (κ3) is 4.81. The SMILES string of the molecule is Cc1cc(C(=O)NC2CCCC2)ccc1NC(=O)CNCC1CC1. The van der Waals surface area contributed by atoms with Crippen molar-refractivity contribution in [3.05, 3.63) is 29.3 Å². The van der Waals surface area contributed by atoms with Crippen LogP contribution in [0.25, 0.3) is 0 Å². The van der Waals surface area contributed by atoms with Crippen LogP contribution in [0.15, 0.2) is 18.2 Å². The van der Waals surface area contributed by atoms with Crippen molar-refractivity contribution in [3.8, 4) is 0 Å². The Morgan fingerprint density at radius 2 is 1.88 bits per heavy atom. The maximum Gasteiger partial charge on any atom is 0.251 e. The van der Waals surface area contributed by atoms with Gasteiger partial charge >= 0.3 is 0 Å². The molecule has 0 aromatic heterocycles. The molecule has 0 radical (unpaired) electrons. The molecule has 1 aromatic carbocycles. The average Bonchev–Trinajstić information content (AvgIpc) is 3.23. The van der Waals surface area contributed by atoms with Gasteiger partial charge in [-0.25, -0.2) is 0 Å². The average molecular weight is 329 g/mol. The van der Waals surface area contributed by atoms with E-state index in [4.69, 9.17) is 0 Å². The second kappa shape index (κ2) is 7.79. The number of carbonyl (C=O) groups excluding carboxylic acids is 2. The van der Waals surface area contributed by atoms with Crippen molar-refractivity contribution in [1.29, 1.82) is 0 Å². The van der Waals surface area contributed by atoms with Crippen LogP contribution < -0.4 is 16.0 Å². The van der Waals surface area contributed by atoms with Gasteiger partial charge in [-0.05, 0) is 68.8 Å². The lowest BCUT2D eigenvalue weighted by molar-refractivity contribution is -0.115. The van der Waals surface area contributed by atoms with Crippen molar-refractivity contribution < 1.29 is 9.59 Å². The second-order valence-electron chi connectivity index (χ2n) is 7.11. The van der Waals surface area contributed by atoms with E-state index < -0.39 is 0 Å². The molecule has 2 amide bonds. The minimum atomic E-state index is -0.0399. The Bertz CT molecular complexity index is 605. The number of benzene rings is 1. The van der Waals surface area contributed by atoms with Gasteiger partial charge in [0.1, 0.15) is 0 Å². The molecule has 2 aliphatic carbocycles. The fourth-order valence-electron chi connectivity index (χ4n) is 3.19. The van der Waals surface area contributed by atoms with E-state index in [1.54, 1.807) is 6.07 Å². The minimum absolute atomic E-state index is 0.0195.